The van der Waals surface area contributed by atoms with Crippen molar-refractivity contribution < 1.29 is 14.6 Å². The van der Waals surface area contributed by atoms with Gasteiger partial charge in [0.1, 0.15) is 5.75 Å². The first kappa shape index (κ1) is 16.1. The van der Waals surface area contributed by atoms with Gasteiger partial charge in [0.05, 0.1) is 30.5 Å². The summed E-state index contributed by atoms with van der Waals surface area (Å²) in [5.41, 5.74) is 1.28. The molecular formula is C16H17ClN2O3. The van der Waals surface area contributed by atoms with Crippen molar-refractivity contribution in [1.29, 1.82) is 0 Å². The summed E-state index contributed by atoms with van der Waals surface area (Å²) in [6.45, 7) is -0.201. The Kier molecular flexibility index (Phi) is 5.63. The number of rotatable bonds is 5. The third-order valence-electron chi connectivity index (χ3n) is 3.11. The van der Waals surface area contributed by atoms with E-state index in [2.05, 4.69) is 10.6 Å². The average molecular weight is 321 g/mol. The van der Waals surface area contributed by atoms with Crippen molar-refractivity contribution in [3.8, 4) is 5.75 Å². The fraction of sp³-hybridized carbons (Fsp3) is 0.188. The fourth-order valence-electron chi connectivity index (χ4n) is 1.96. The molecule has 2 aromatic rings. The Morgan fingerprint density at radius 2 is 2.00 bits per heavy atom. The number of ether oxygens (including phenoxy) is 1. The van der Waals surface area contributed by atoms with Crippen LogP contribution in [0.4, 0.5) is 10.5 Å². The van der Waals surface area contributed by atoms with Gasteiger partial charge in [0, 0.05) is 6.07 Å². The molecule has 0 heterocycles. The number of aliphatic hydroxyl groups is 1. The van der Waals surface area contributed by atoms with E-state index in [0.29, 0.717) is 16.5 Å². The van der Waals surface area contributed by atoms with Gasteiger partial charge in [-0.3, -0.25) is 0 Å². The number of urea groups is 1. The van der Waals surface area contributed by atoms with Gasteiger partial charge in [0.25, 0.3) is 0 Å². The quantitative estimate of drug-likeness (QED) is 0.792. The lowest BCUT2D eigenvalue weighted by Crippen LogP contribution is -2.34. The van der Waals surface area contributed by atoms with Crippen LogP contribution in [0.1, 0.15) is 11.6 Å². The second-order valence-electron chi connectivity index (χ2n) is 4.59. The highest BCUT2D eigenvalue weighted by atomic mass is 35.5. The Bertz CT molecular complexity index is 635. The third-order valence-corrected chi connectivity index (χ3v) is 3.43. The second-order valence-corrected chi connectivity index (χ2v) is 5.00. The Morgan fingerprint density at radius 1 is 1.27 bits per heavy atom. The maximum absolute atomic E-state index is 12.0. The van der Waals surface area contributed by atoms with Crippen molar-refractivity contribution in [3.63, 3.8) is 0 Å². The molecule has 0 aromatic heterocycles. The van der Waals surface area contributed by atoms with Gasteiger partial charge in [-0.15, -0.1) is 0 Å². The SMILES string of the molecule is COc1ccc(NC(=O)N[C@H](CO)c2ccccc2)c(Cl)c1. The summed E-state index contributed by atoms with van der Waals surface area (Å²) in [5.74, 6) is 0.605. The van der Waals surface area contributed by atoms with Crippen LogP contribution < -0.4 is 15.4 Å². The van der Waals surface area contributed by atoms with Crippen molar-refractivity contribution in [3.05, 3.63) is 59.1 Å². The van der Waals surface area contributed by atoms with E-state index in [9.17, 15) is 9.90 Å². The maximum Gasteiger partial charge on any atom is 0.319 e. The number of anilines is 1. The zero-order valence-corrected chi connectivity index (χ0v) is 12.8. The van der Waals surface area contributed by atoms with E-state index in [4.69, 9.17) is 16.3 Å². The summed E-state index contributed by atoms with van der Waals surface area (Å²) in [7, 11) is 1.54. The van der Waals surface area contributed by atoms with Crippen LogP contribution in [-0.4, -0.2) is 24.9 Å². The molecule has 0 saturated heterocycles. The number of carbonyl (C=O) groups is 1. The monoisotopic (exact) mass is 320 g/mol. The molecule has 6 heteroatoms. The molecule has 3 N–H and O–H groups in total. The molecule has 0 aliphatic heterocycles. The molecule has 22 heavy (non-hydrogen) atoms. The van der Waals surface area contributed by atoms with Gasteiger partial charge in [0.2, 0.25) is 0 Å². The molecule has 2 amide bonds. The Morgan fingerprint density at radius 3 is 2.59 bits per heavy atom. The highest BCUT2D eigenvalue weighted by Crippen LogP contribution is 2.26. The van der Waals surface area contributed by atoms with Crippen LogP contribution in [-0.2, 0) is 0 Å². The number of benzene rings is 2. The fourth-order valence-corrected chi connectivity index (χ4v) is 2.18. The van der Waals surface area contributed by atoms with E-state index in [-0.39, 0.29) is 6.61 Å². The normalized spacial score (nSPS) is 11.6. The van der Waals surface area contributed by atoms with Gasteiger partial charge in [-0.2, -0.15) is 0 Å². The Balaban J connectivity index is 2.03. The molecular weight excluding hydrogens is 304 g/mol. The minimum atomic E-state index is -0.488. The average Bonchev–Trinajstić information content (AvgIpc) is 2.55. The molecule has 0 aliphatic rings. The van der Waals surface area contributed by atoms with Crippen LogP contribution in [0.2, 0.25) is 5.02 Å². The first-order valence-corrected chi connectivity index (χ1v) is 7.08. The number of hydrogen-bond donors (Lipinski definition) is 3. The lowest BCUT2D eigenvalue weighted by Gasteiger charge is -2.17. The van der Waals surface area contributed by atoms with Crippen LogP contribution in [0.15, 0.2) is 48.5 Å². The number of nitrogens with one attached hydrogen (secondary N) is 2. The molecule has 0 radical (unpaired) electrons. The molecule has 5 nitrogen and oxygen atoms in total. The van der Waals surface area contributed by atoms with E-state index in [1.54, 1.807) is 18.2 Å². The van der Waals surface area contributed by atoms with Crippen molar-refractivity contribution in [2.45, 2.75) is 6.04 Å². The number of halogens is 1. The molecule has 2 aromatic carbocycles. The van der Waals surface area contributed by atoms with E-state index in [1.807, 2.05) is 30.3 Å². The zero-order valence-electron chi connectivity index (χ0n) is 12.0. The summed E-state index contributed by atoms with van der Waals surface area (Å²) in [6, 6.07) is 13.2. The topological polar surface area (TPSA) is 70.6 Å². The van der Waals surface area contributed by atoms with Crippen molar-refractivity contribution in [2.75, 3.05) is 19.0 Å². The van der Waals surface area contributed by atoms with Gasteiger partial charge < -0.3 is 20.5 Å². The Labute approximate surface area is 133 Å². The van der Waals surface area contributed by atoms with Gasteiger partial charge in [0.15, 0.2) is 0 Å². The highest BCUT2D eigenvalue weighted by molar-refractivity contribution is 6.33. The predicted octanol–water partition coefficient (Wildman–Crippen LogP) is 3.20. The molecule has 1 atom stereocenters. The van der Waals surface area contributed by atoms with E-state index >= 15 is 0 Å². The first-order valence-electron chi connectivity index (χ1n) is 6.71. The van der Waals surface area contributed by atoms with E-state index < -0.39 is 12.1 Å². The first-order chi connectivity index (χ1) is 10.6. The highest BCUT2D eigenvalue weighted by Gasteiger charge is 2.14. The lowest BCUT2D eigenvalue weighted by atomic mass is 10.1. The van der Waals surface area contributed by atoms with E-state index in [1.165, 1.54) is 7.11 Å². The van der Waals surface area contributed by atoms with Gasteiger partial charge in [-0.1, -0.05) is 41.9 Å². The molecule has 0 bridgehead atoms. The number of hydrogen-bond acceptors (Lipinski definition) is 3. The van der Waals surface area contributed by atoms with Gasteiger partial charge in [-0.25, -0.2) is 4.79 Å². The summed E-state index contributed by atoms with van der Waals surface area (Å²) in [6.07, 6.45) is 0. The molecule has 0 unspecified atom stereocenters. The van der Waals surface area contributed by atoms with Crippen LogP contribution >= 0.6 is 11.6 Å². The number of aliphatic hydroxyl groups excluding tert-OH is 1. The van der Waals surface area contributed by atoms with Crippen molar-refractivity contribution in [1.82, 2.24) is 5.32 Å². The number of methoxy groups -OCH3 is 1. The predicted molar refractivity (Wildman–Crippen MR) is 86.4 cm³/mol. The zero-order chi connectivity index (χ0) is 15.9. The second kappa shape index (κ2) is 7.68. The Hall–Kier alpha value is -2.24. The molecule has 116 valence electrons. The van der Waals surface area contributed by atoms with Crippen LogP contribution in [0, 0.1) is 0 Å². The lowest BCUT2D eigenvalue weighted by molar-refractivity contribution is 0.225. The molecule has 0 fully saturated rings. The van der Waals surface area contributed by atoms with Crippen LogP contribution in [0.25, 0.3) is 0 Å². The molecule has 2 rings (SSSR count). The summed E-state index contributed by atoms with van der Waals surface area (Å²) < 4.78 is 5.05. The van der Waals surface area contributed by atoms with Crippen LogP contribution in [0.5, 0.6) is 5.75 Å². The largest absolute Gasteiger partial charge is 0.497 e. The summed E-state index contributed by atoms with van der Waals surface area (Å²) in [4.78, 5) is 12.0. The number of carbonyl (C=O) groups excluding carboxylic acids is 1. The number of amides is 2. The molecule has 0 aliphatic carbocycles. The minimum Gasteiger partial charge on any atom is -0.497 e. The van der Waals surface area contributed by atoms with Crippen LogP contribution in [0.3, 0.4) is 0 Å². The smallest absolute Gasteiger partial charge is 0.319 e. The molecule has 0 saturated carbocycles. The summed E-state index contributed by atoms with van der Waals surface area (Å²) >= 11 is 6.07. The van der Waals surface area contributed by atoms with Crippen molar-refractivity contribution >= 4 is 23.3 Å². The van der Waals surface area contributed by atoms with E-state index in [0.717, 1.165) is 5.56 Å². The molecule has 0 spiro atoms. The van der Waals surface area contributed by atoms with Crippen molar-refractivity contribution in [2.24, 2.45) is 0 Å². The summed E-state index contributed by atoms with van der Waals surface area (Å²) in [5, 5.41) is 15.1. The van der Waals surface area contributed by atoms with Gasteiger partial charge in [-0.05, 0) is 17.7 Å². The minimum absolute atomic E-state index is 0.201. The van der Waals surface area contributed by atoms with Gasteiger partial charge >= 0.3 is 6.03 Å². The maximum atomic E-state index is 12.0. The standard InChI is InChI=1S/C16H17ClN2O3/c1-22-12-7-8-14(13(17)9-12)18-16(21)19-15(10-20)11-5-3-2-4-6-11/h2-9,15,20H,10H2,1H3,(H2,18,19,21)/t15-/m1/s1. The third kappa shape index (κ3) is 4.13.